The highest BCUT2D eigenvalue weighted by molar-refractivity contribution is 5.66. The SMILES string of the molecule is CCCC1CCC2c3ccc(-c4ccc(F)c(F)c4)c(F)c3CCC2C1. The first-order valence-corrected chi connectivity index (χ1v) is 9.85. The molecule has 0 spiro atoms. The average Bonchev–Trinajstić information content (AvgIpc) is 2.64. The lowest BCUT2D eigenvalue weighted by Gasteiger charge is -2.41. The maximum absolute atomic E-state index is 15.2. The summed E-state index contributed by atoms with van der Waals surface area (Å²) in [6, 6.07) is 7.38. The molecule has 2 aliphatic rings. The highest BCUT2D eigenvalue weighted by atomic mass is 19.2. The molecule has 0 amide bonds. The molecule has 0 aromatic heterocycles. The van der Waals surface area contributed by atoms with Crippen molar-refractivity contribution >= 4 is 0 Å². The largest absolute Gasteiger partial charge is 0.206 e. The Labute approximate surface area is 153 Å². The number of hydrogen-bond acceptors (Lipinski definition) is 0. The van der Waals surface area contributed by atoms with Gasteiger partial charge in [0, 0.05) is 5.56 Å². The van der Waals surface area contributed by atoms with Gasteiger partial charge in [0.1, 0.15) is 5.82 Å². The molecule has 2 aromatic rings. The van der Waals surface area contributed by atoms with Gasteiger partial charge in [0.2, 0.25) is 0 Å². The Hall–Kier alpha value is -1.77. The molecule has 2 aromatic carbocycles. The monoisotopic (exact) mass is 358 g/mol. The van der Waals surface area contributed by atoms with E-state index in [-0.39, 0.29) is 5.82 Å². The van der Waals surface area contributed by atoms with Crippen LogP contribution >= 0.6 is 0 Å². The molecule has 4 rings (SSSR count). The zero-order valence-corrected chi connectivity index (χ0v) is 15.2. The minimum atomic E-state index is -0.936. The molecular formula is C23H25F3. The Bertz CT molecular complexity index is 811. The molecule has 3 unspecified atom stereocenters. The van der Waals surface area contributed by atoms with Crippen molar-refractivity contribution in [1.29, 1.82) is 0 Å². The van der Waals surface area contributed by atoms with Gasteiger partial charge in [-0.1, -0.05) is 38.0 Å². The van der Waals surface area contributed by atoms with E-state index < -0.39 is 11.6 Å². The first-order valence-electron chi connectivity index (χ1n) is 9.85. The number of halogens is 3. The van der Waals surface area contributed by atoms with Gasteiger partial charge in [-0.25, -0.2) is 13.2 Å². The van der Waals surface area contributed by atoms with Crippen LogP contribution in [0.5, 0.6) is 0 Å². The summed E-state index contributed by atoms with van der Waals surface area (Å²) in [5, 5.41) is 0. The van der Waals surface area contributed by atoms with Gasteiger partial charge in [-0.15, -0.1) is 0 Å². The molecule has 138 valence electrons. The predicted molar refractivity (Wildman–Crippen MR) is 98.6 cm³/mol. The quantitative estimate of drug-likeness (QED) is 0.553. The molecule has 3 heteroatoms. The maximum atomic E-state index is 15.2. The van der Waals surface area contributed by atoms with Crippen molar-refractivity contribution in [2.75, 3.05) is 0 Å². The third kappa shape index (κ3) is 3.06. The van der Waals surface area contributed by atoms with Gasteiger partial charge in [-0.2, -0.15) is 0 Å². The molecule has 0 aliphatic heterocycles. The average molecular weight is 358 g/mol. The van der Waals surface area contributed by atoms with Crippen LogP contribution in [0.4, 0.5) is 13.2 Å². The minimum Gasteiger partial charge on any atom is -0.206 e. The van der Waals surface area contributed by atoms with E-state index >= 15 is 4.39 Å². The van der Waals surface area contributed by atoms with Gasteiger partial charge in [-0.05, 0) is 78.7 Å². The van der Waals surface area contributed by atoms with Crippen LogP contribution in [0.3, 0.4) is 0 Å². The Morgan fingerprint density at radius 3 is 2.58 bits per heavy atom. The zero-order chi connectivity index (χ0) is 18.3. The zero-order valence-electron chi connectivity index (χ0n) is 15.2. The van der Waals surface area contributed by atoms with Crippen molar-refractivity contribution < 1.29 is 13.2 Å². The third-order valence-corrected chi connectivity index (χ3v) is 6.46. The standard InChI is InChI=1S/C23H25F3/c1-2-3-14-4-7-17-15(12-14)5-8-20-19(17)10-9-18(23(20)26)16-6-11-21(24)22(25)13-16/h6,9-11,13-15,17H,2-5,7-8,12H2,1H3. The molecule has 0 nitrogen and oxygen atoms in total. The van der Waals surface area contributed by atoms with Gasteiger partial charge in [0.25, 0.3) is 0 Å². The van der Waals surface area contributed by atoms with Crippen molar-refractivity contribution in [3.63, 3.8) is 0 Å². The Morgan fingerprint density at radius 1 is 0.962 bits per heavy atom. The maximum Gasteiger partial charge on any atom is 0.159 e. The van der Waals surface area contributed by atoms with Crippen molar-refractivity contribution in [2.24, 2.45) is 11.8 Å². The first-order chi connectivity index (χ1) is 12.6. The molecule has 2 aliphatic carbocycles. The predicted octanol–water partition coefficient (Wildman–Crippen LogP) is 7.02. The van der Waals surface area contributed by atoms with Crippen LogP contribution in [-0.4, -0.2) is 0 Å². The molecular weight excluding hydrogens is 333 g/mol. The Kier molecular flexibility index (Phi) is 4.81. The second-order valence-corrected chi connectivity index (χ2v) is 8.00. The van der Waals surface area contributed by atoms with Gasteiger partial charge in [0.05, 0.1) is 0 Å². The van der Waals surface area contributed by atoms with E-state index in [1.807, 2.05) is 6.07 Å². The second-order valence-electron chi connectivity index (χ2n) is 8.00. The summed E-state index contributed by atoms with van der Waals surface area (Å²) in [6.07, 6.45) is 7.98. The first kappa shape index (κ1) is 17.6. The fourth-order valence-electron chi connectivity index (χ4n) is 5.21. The molecule has 3 atom stereocenters. The minimum absolute atomic E-state index is 0.248. The molecule has 0 bridgehead atoms. The summed E-state index contributed by atoms with van der Waals surface area (Å²) in [5.74, 6) is -0.133. The normalized spacial score (nSPS) is 24.8. The van der Waals surface area contributed by atoms with E-state index in [1.54, 1.807) is 6.07 Å². The molecule has 0 saturated heterocycles. The van der Waals surface area contributed by atoms with Gasteiger partial charge >= 0.3 is 0 Å². The summed E-state index contributed by atoms with van der Waals surface area (Å²) in [4.78, 5) is 0. The van der Waals surface area contributed by atoms with E-state index in [4.69, 9.17) is 0 Å². The van der Waals surface area contributed by atoms with Crippen LogP contribution in [0.15, 0.2) is 30.3 Å². The van der Waals surface area contributed by atoms with E-state index in [0.717, 1.165) is 48.4 Å². The van der Waals surface area contributed by atoms with Crippen molar-refractivity contribution in [2.45, 2.75) is 57.8 Å². The molecule has 0 radical (unpaired) electrons. The topological polar surface area (TPSA) is 0 Å². The van der Waals surface area contributed by atoms with E-state index in [2.05, 4.69) is 6.92 Å². The van der Waals surface area contributed by atoms with Crippen molar-refractivity contribution in [1.82, 2.24) is 0 Å². The van der Waals surface area contributed by atoms with Crippen molar-refractivity contribution in [3.05, 3.63) is 58.9 Å². The number of benzene rings is 2. The van der Waals surface area contributed by atoms with Crippen molar-refractivity contribution in [3.8, 4) is 11.1 Å². The summed E-state index contributed by atoms with van der Waals surface area (Å²) in [5.41, 5.74) is 2.72. The molecule has 1 fully saturated rings. The smallest absolute Gasteiger partial charge is 0.159 e. The summed E-state index contributed by atoms with van der Waals surface area (Å²) >= 11 is 0. The van der Waals surface area contributed by atoms with Gasteiger partial charge in [-0.3, -0.25) is 0 Å². The highest BCUT2D eigenvalue weighted by Crippen LogP contribution is 2.49. The number of fused-ring (bicyclic) bond motifs is 3. The Morgan fingerprint density at radius 2 is 1.81 bits per heavy atom. The van der Waals surface area contributed by atoms with E-state index in [9.17, 15) is 8.78 Å². The molecule has 0 heterocycles. The highest BCUT2D eigenvalue weighted by Gasteiger charge is 2.36. The number of rotatable bonds is 3. The summed E-state index contributed by atoms with van der Waals surface area (Å²) in [6.45, 7) is 2.25. The number of hydrogen-bond donors (Lipinski definition) is 0. The lowest BCUT2D eigenvalue weighted by Crippen LogP contribution is -2.28. The molecule has 26 heavy (non-hydrogen) atoms. The van der Waals surface area contributed by atoms with Crippen LogP contribution in [0.1, 0.15) is 62.5 Å². The Balaban J connectivity index is 1.66. The third-order valence-electron chi connectivity index (χ3n) is 6.46. The fraction of sp³-hybridized carbons (Fsp3) is 0.478. The lowest BCUT2D eigenvalue weighted by atomic mass is 9.64. The van der Waals surface area contributed by atoms with Crippen LogP contribution in [0, 0.1) is 29.3 Å². The van der Waals surface area contributed by atoms with Gasteiger partial charge in [0.15, 0.2) is 11.6 Å². The van der Waals surface area contributed by atoms with Crippen LogP contribution in [-0.2, 0) is 6.42 Å². The van der Waals surface area contributed by atoms with Gasteiger partial charge < -0.3 is 0 Å². The fourth-order valence-corrected chi connectivity index (χ4v) is 5.21. The lowest BCUT2D eigenvalue weighted by molar-refractivity contribution is 0.200. The van der Waals surface area contributed by atoms with Crippen LogP contribution in [0.2, 0.25) is 0 Å². The van der Waals surface area contributed by atoms with Crippen LogP contribution < -0.4 is 0 Å². The molecule has 1 saturated carbocycles. The van der Waals surface area contributed by atoms with Crippen LogP contribution in [0.25, 0.3) is 11.1 Å². The molecule has 0 N–H and O–H groups in total. The summed E-state index contributed by atoms with van der Waals surface area (Å²) in [7, 11) is 0. The van der Waals surface area contributed by atoms with E-state index in [1.165, 1.54) is 31.7 Å². The van der Waals surface area contributed by atoms with E-state index in [0.29, 0.717) is 23.0 Å². The summed E-state index contributed by atoms with van der Waals surface area (Å²) < 4.78 is 42.0. The second kappa shape index (κ2) is 7.09.